The van der Waals surface area contributed by atoms with Crippen molar-refractivity contribution >= 4 is 23.3 Å². The minimum Gasteiger partial charge on any atom is -0.402 e. The molecule has 2 N–H and O–H groups in total. The first-order chi connectivity index (χ1) is 18.8. The second-order valence-corrected chi connectivity index (χ2v) is 9.51. The molecule has 0 bridgehead atoms. The van der Waals surface area contributed by atoms with Gasteiger partial charge < -0.3 is 15.1 Å². The standard InChI is InChI=1S/C28H23F3N6O2/c1-2-15-12-19(15)20-13-17(28(29,30)31)14-32-23(20)26-36-37-27(39-26)35-24-25(38)33-21-11-7-6-10-18(21)22(34-24)16-8-4-3-5-9-16/h3-11,13-15,19,24H,2,12H2,1H3,(H,33,38)(H,35,37)/t15-,19-,24-/m0/s1. The van der Waals surface area contributed by atoms with Crippen molar-refractivity contribution in [1.82, 2.24) is 15.2 Å². The lowest BCUT2D eigenvalue weighted by Gasteiger charge is -2.12. The molecule has 2 aromatic carbocycles. The van der Waals surface area contributed by atoms with Crippen LogP contribution in [0.25, 0.3) is 11.6 Å². The average molecular weight is 533 g/mol. The highest BCUT2D eigenvalue weighted by molar-refractivity contribution is 6.19. The van der Waals surface area contributed by atoms with Crippen LogP contribution in [0.2, 0.25) is 0 Å². The van der Waals surface area contributed by atoms with Gasteiger partial charge in [0.1, 0.15) is 5.69 Å². The van der Waals surface area contributed by atoms with Crippen molar-refractivity contribution in [3.63, 3.8) is 0 Å². The van der Waals surface area contributed by atoms with Crippen molar-refractivity contribution in [3.8, 4) is 11.6 Å². The number of hydrogen-bond acceptors (Lipinski definition) is 7. The summed E-state index contributed by atoms with van der Waals surface area (Å²) in [5, 5.41) is 13.8. The Hall–Kier alpha value is -4.54. The van der Waals surface area contributed by atoms with E-state index in [9.17, 15) is 18.0 Å². The number of carbonyl (C=O) groups is 1. The third kappa shape index (κ3) is 4.87. The second kappa shape index (κ2) is 9.64. The molecule has 0 spiro atoms. The Morgan fingerprint density at radius 1 is 1.08 bits per heavy atom. The Morgan fingerprint density at radius 3 is 2.59 bits per heavy atom. The maximum atomic E-state index is 13.4. The summed E-state index contributed by atoms with van der Waals surface area (Å²) in [7, 11) is 0. The quantitative estimate of drug-likeness (QED) is 0.321. The molecule has 2 aliphatic rings. The van der Waals surface area contributed by atoms with E-state index in [0.29, 0.717) is 17.0 Å². The van der Waals surface area contributed by atoms with E-state index in [0.717, 1.165) is 36.2 Å². The fraction of sp³-hybridized carbons (Fsp3) is 0.250. The lowest BCUT2D eigenvalue weighted by Crippen LogP contribution is -2.32. The monoisotopic (exact) mass is 532 g/mol. The van der Waals surface area contributed by atoms with E-state index in [1.807, 2.05) is 55.5 Å². The summed E-state index contributed by atoms with van der Waals surface area (Å²) < 4.78 is 46.0. The van der Waals surface area contributed by atoms with Gasteiger partial charge >= 0.3 is 12.2 Å². The topological polar surface area (TPSA) is 105 Å². The third-order valence-corrected chi connectivity index (χ3v) is 6.97. The van der Waals surface area contributed by atoms with Crippen molar-refractivity contribution in [3.05, 3.63) is 89.1 Å². The number of aliphatic imine (C=N–C) groups is 1. The molecule has 11 heteroatoms. The highest BCUT2D eigenvalue weighted by Gasteiger charge is 2.41. The van der Waals surface area contributed by atoms with E-state index in [4.69, 9.17) is 4.42 Å². The van der Waals surface area contributed by atoms with Crippen LogP contribution in [0.15, 0.2) is 76.3 Å². The summed E-state index contributed by atoms with van der Waals surface area (Å²) in [5.74, 6) is -0.262. The zero-order valence-electron chi connectivity index (χ0n) is 20.7. The van der Waals surface area contributed by atoms with Crippen LogP contribution in [0.5, 0.6) is 0 Å². The Kier molecular flexibility index (Phi) is 6.13. The molecule has 1 aliphatic heterocycles. The van der Waals surface area contributed by atoms with E-state index in [2.05, 4.69) is 30.8 Å². The fourth-order valence-corrected chi connectivity index (χ4v) is 4.85. The minimum absolute atomic E-state index is 0.0347. The molecule has 6 rings (SSSR count). The smallest absolute Gasteiger partial charge is 0.402 e. The molecule has 4 aromatic rings. The first-order valence-electron chi connectivity index (χ1n) is 12.5. The number of benzodiazepines with no additional fused rings is 1. The Labute approximate surface area is 221 Å². The van der Waals surface area contributed by atoms with Gasteiger partial charge in [-0.3, -0.25) is 9.78 Å². The van der Waals surface area contributed by atoms with Gasteiger partial charge in [0, 0.05) is 17.3 Å². The first-order valence-corrected chi connectivity index (χ1v) is 12.5. The number of amides is 1. The molecule has 1 fully saturated rings. The predicted molar refractivity (Wildman–Crippen MR) is 138 cm³/mol. The van der Waals surface area contributed by atoms with Crippen LogP contribution in [0.3, 0.4) is 0 Å². The molecule has 3 atom stereocenters. The van der Waals surface area contributed by atoms with E-state index in [1.165, 1.54) is 0 Å². The SMILES string of the molecule is CC[C@H]1C[C@@H]1c1cc(C(F)(F)F)cnc1-c1nnc(N[C@@H]2N=C(c3ccccc3)c3ccccc3NC2=O)o1. The first kappa shape index (κ1) is 24.8. The number of alkyl halides is 3. The number of nitrogens with one attached hydrogen (secondary N) is 2. The average Bonchev–Trinajstić information content (AvgIpc) is 3.61. The number of hydrogen-bond donors (Lipinski definition) is 2. The van der Waals surface area contributed by atoms with E-state index < -0.39 is 23.8 Å². The summed E-state index contributed by atoms with van der Waals surface area (Å²) >= 11 is 0. The number of rotatable bonds is 6. The second-order valence-electron chi connectivity index (χ2n) is 9.51. The van der Waals surface area contributed by atoms with Gasteiger partial charge in [-0.1, -0.05) is 67.0 Å². The van der Waals surface area contributed by atoms with Gasteiger partial charge in [-0.25, -0.2) is 4.99 Å². The Morgan fingerprint density at radius 2 is 1.85 bits per heavy atom. The lowest BCUT2D eigenvalue weighted by atomic mass is 10.0. The van der Waals surface area contributed by atoms with Crippen molar-refractivity contribution in [2.24, 2.45) is 10.9 Å². The molecule has 198 valence electrons. The molecule has 8 nitrogen and oxygen atoms in total. The fourth-order valence-electron chi connectivity index (χ4n) is 4.85. The van der Waals surface area contributed by atoms with Crippen LogP contribution in [0, 0.1) is 5.92 Å². The Bertz CT molecular complexity index is 1570. The number of anilines is 2. The van der Waals surface area contributed by atoms with E-state index in [-0.39, 0.29) is 29.4 Å². The number of fused-ring (bicyclic) bond motifs is 1. The Balaban J connectivity index is 1.33. The molecule has 1 aliphatic carbocycles. The lowest BCUT2D eigenvalue weighted by molar-refractivity contribution is -0.137. The summed E-state index contributed by atoms with van der Waals surface area (Å²) in [6.45, 7) is 2.00. The molecule has 1 amide bonds. The van der Waals surface area contributed by atoms with Crippen LogP contribution < -0.4 is 10.6 Å². The zero-order chi connectivity index (χ0) is 27.1. The van der Waals surface area contributed by atoms with Gasteiger partial charge in [0.25, 0.3) is 11.8 Å². The summed E-state index contributed by atoms with van der Waals surface area (Å²) in [6, 6.07) is 17.8. The highest BCUT2D eigenvalue weighted by Crippen LogP contribution is 2.52. The van der Waals surface area contributed by atoms with Crippen LogP contribution >= 0.6 is 0 Å². The molecule has 3 heterocycles. The predicted octanol–water partition coefficient (Wildman–Crippen LogP) is 5.89. The normalized spacial score (nSPS) is 20.5. The zero-order valence-corrected chi connectivity index (χ0v) is 20.7. The van der Waals surface area contributed by atoms with Crippen molar-refractivity contribution < 1.29 is 22.4 Å². The third-order valence-electron chi connectivity index (χ3n) is 6.97. The van der Waals surface area contributed by atoms with Crippen LogP contribution in [0.1, 0.15) is 47.9 Å². The molecular weight excluding hydrogens is 509 g/mol. The van der Waals surface area contributed by atoms with Gasteiger partial charge in [-0.15, -0.1) is 5.10 Å². The molecule has 39 heavy (non-hydrogen) atoms. The minimum atomic E-state index is -4.52. The van der Waals surface area contributed by atoms with Gasteiger partial charge in [-0.05, 0) is 36.0 Å². The molecular formula is C28H23F3N6O2. The van der Waals surface area contributed by atoms with Gasteiger partial charge in [-0.2, -0.15) is 13.2 Å². The molecule has 0 saturated heterocycles. The molecule has 0 unspecified atom stereocenters. The molecule has 2 aromatic heterocycles. The maximum absolute atomic E-state index is 13.4. The van der Waals surface area contributed by atoms with Gasteiger partial charge in [0.15, 0.2) is 0 Å². The van der Waals surface area contributed by atoms with Gasteiger partial charge in [0.05, 0.1) is 17.0 Å². The van der Waals surface area contributed by atoms with Crippen molar-refractivity contribution in [2.75, 3.05) is 10.6 Å². The van der Waals surface area contributed by atoms with Gasteiger partial charge in [0.2, 0.25) is 6.17 Å². The van der Waals surface area contributed by atoms with Crippen LogP contribution in [-0.2, 0) is 11.0 Å². The maximum Gasteiger partial charge on any atom is 0.417 e. The van der Waals surface area contributed by atoms with E-state index >= 15 is 0 Å². The molecule has 0 radical (unpaired) electrons. The van der Waals surface area contributed by atoms with E-state index in [1.54, 1.807) is 6.07 Å². The highest BCUT2D eigenvalue weighted by atomic mass is 19.4. The number of para-hydroxylation sites is 1. The number of benzene rings is 2. The summed E-state index contributed by atoms with van der Waals surface area (Å²) in [5.41, 5.74) is 2.57. The van der Waals surface area contributed by atoms with Crippen molar-refractivity contribution in [1.29, 1.82) is 0 Å². The number of halogens is 3. The number of nitrogens with zero attached hydrogens (tertiary/aromatic N) is 4. The number of pyridine rings is 1. The number of carbonyl (C=O) groups excluding carboxylic acids is 1. The largest absolute Gasteiger partial charge is 0.417 e. The van der Waals surface area contributed by atoms with Crippen LogP contribution in [0.4, 0.5) is 24.9 Å². The van der Waals surface area contributed by atoms with Crippen LogP contribution in [-0.4, -0.2) is 33.0 Å². The summed E-state index contributed by atoms with van der Waals surface area (Å²) in [6.07, 6.45) is -3.25. The number of aromatic nitrogens is 3. The van der Waals surface area contributed by atoms with Crippen molar-refractivity contribution in [2.45, 2.75) is 38.0 Å². The molecule has 1 saturated carbocycles. The summed E-state index contributed by atoms with van der Waals surface area (Å²) in [4.78, 5) is 21.8.